The maximum absolute atomic E-state index is 12.3. The number of rotatable bonds is 5. The Labute approximate surface area is 108 Å². The van der Waals surface area contributed by atoms with Gasteiger partial charge in [-0.25, -0.2) is 4.79 Å². The molecule has 0 aliphatic carbocycles. The molecule has 1 aromatic rings. The molecule has 0 saturated heterocycles. The molecule has 0 spiro atoms. The molecule has 18 heavy (non-hydrogen) atoms. The lowest BCUT2D eigenvalue weighted by Crippen LogP contribution is -2.38. The molecule has 0 fully saturated rings. The van der Waals surface area contributed by atoms with Gasteiger partial charge in [-0.2, -0.15) is 0 Å². The molecule has 0 saturated carbocycles. The lowest BCUT2D eigenvalue weighted by Gasteiger charge is -2.24. The average molecular weight is 242 g/mol. The van der Waals surface area contributed by atoms with E-state index in [-0.39, 0.29) is 6.03 Å². The van der Waals surface area contributed by atoms with Crippen LogP contribution in [0.15, 0.2) is 67.9 Å². The van der Waals surface area contributed by atoms with Gasteiger partial charge in [0.05, 0.1) is 0 Å². The summed E-state index contributed by atoms with van der Waals surface area (Å²) in [6, 6.07) is 9.38. The smallest absolute Gasteiger partial charge is 0.297 e. The molecule has 0 bridgehead atoms. The number of para-hydroxylation sites is 1. The summed E-state index contributed by atoms with van der Waals surface area (Å²) >= 11 is 0. The highest BCUT2D eigenvalue weighted by Crippen LogP contribution is 2.13. The van der Waals surface area contributed by atoms with Gasteiger partial charge in [0.25, 0.3) is 0 Å². The second kappa shape index (κ2) is 7.12. The number of nitrogens with zero attached hydrogens (tertiary/aromatic N) is 2. The lowest BCUT2D eigenvalue weighted by molar-refractivity contribution is 0.226. The minimum atomic E-state index is -0.112. The van der Waals surface area contributed by atoms with E-state index < -0.39 is 0 Å². The molecular weight excluding hydrogens is 224 g/mol. The lowest BCUT2D eigenvalue weighted by atomic mass is 10.3. The molecule has 0 N–H and O–H groups in total. The van der Waals surface area contributed by atoms with Crippen LogP contribution in [0.4, 0.5) is 10.5 Å². The molecule has 0 atom stereocenters. The van der Waals surface area contributed by atoms with E-state index in [0.717, 1.165) is 5.69 Å². The highest BCUT2D eigenvalue weighted by Gasteiger charge is 2.15. The van der Waals surface area contributed by atoms with Crippen LogP contribution in [0.2, 0.25) is 0 Å². The van der Waals surface area contributed by atoms with Crippen molar-refractivity contribution in [2.75, 3.05) is 18.5 Å². The second-order valence-corrected chi connectivity index (χ2v) is 3.70. The Kier molecular flexibility index (Phi) is 5.45. The fourth-order valence-electron chi connectivity index (χ4n) is 1.46. The van der Waals surface area contributed by atoms with Crippen LogP contribution in [0.25, 0.3) is 0 Å². The largest absolute Gasteiger partial charge is 0.328 e. The predicted octanol–water partition coefficient (Wildman–Crippen LogP) is 3.43. The first kappa shape index (κ1) is 13.8. The SMILES string of the molecule is C=C/C=C\N(CC=C)C(=O)N(C)c1ccccc1. The van der Waals surface area contributed by atoms with E-state index in [1.165, 1.54) is 0 Å². The van der Waals surface area contributed by atoms with Gasteiger partial charge < -0.3 is 0 Å². The van der Waals surface area contributed by atoms with E-state index in [9.17, 15) is 4.79 Å². The molecular formula is C15H18N2O. The number of benzene rings is 1. The average Bonchev–Trinajstić information content (AvgIpc) is 2.43. The number of carbonyl (C=O) groups is 1. The summed E-state index contributed by atoms with van der Waals surface area (Å²) < 4.78 is 0. The van der Waals surface area contributed by atoms with Crippen molar-refractivity contribution in [1.29, 1.82) is 0 Å². The van der Waals surface area contributed by atoms with Gasteiger partial charge in [-0.3, -0.25) is 9.80 Å². The van der Waals surface area contributed by atoms with Gasteiger partial charge in [0.15, 0.2) is 0 Å². The van der Waals surface area contributed by atoms with E-state index in [1.807, 2.05) is 30.3 Å². The highest BCUT2D eigenvalue weighted by molar-refractivity contribution is 5.92. The van der Waals surface area contributed by atoms with Crippen LogP contribution in [0.5, 0.6) is 0 Å². The molecule has 0 aliphatic heterocycles. The van der Waals surface area contributed by atoms with Crippen molar-refractivity contribution in [3.63, 3.8) is 0 Å². The summed E-state index contributed by atoms with van der Waals surface area (Å²) in [7, 11) is 1.75. The van der Waals surface area contributed by atoms with Crippen LogP contribution < -0.4 is 4.90 Å². The van der Waals surface area contributed by atoms with Gasteiger partial charge in [0.2, 0.25) is 0 Å². The minimum absolute atomic E-state index is 0.112. The zero-order chi connectivity index (χ0) is 13.4. The van der Waals surface area contributed by atoms with Crippen molar-refractivity contribution >= 4 is 11.7 Å². The van der Waals surface area contributed by atoms with Crippen LogP contribution in [0.1, 0.15) is 0 Å². The minimum Gasteiger partial charge on any atom is -0.297 e. The zero-order valence-electron chi connectivity index (χ0n) is 10.6. The van der Waals surface area contributed by atoms with Crippen molar-refractivity contribution in [3.05, 3.63) is 67.9 Å². The highest BCUT2D eigenvalue weighted by atomic mass is 16.2. The van der Waals surface area contributed by atoms with Crippen LogP contribution in [-0.4, -0.2) is 24.5 Å². The standard InChI is InChI=1S/C15H18N2O/c1-4-6-13-17(12-5-2)15(18)16(3)14-10-8-7-9-11-14/h4-11,13H,1-2,12H2,3H3/b13-6-. The Morgan fingerprint density at radius 3 is 2.50 bits per heavy atom. The third kappa shape index (κ3) is 3.63. The number of anilines is 1. The van der Waals surface area contributed by atoms with Crippen molar-refractivity contribution in [3.8, 4) is 0 Å². The topological polar surface area (TPSA) is 23.6 Å². The fraction of sp³-hybridized carbons (Fsp3) is 0.133. The molecule has 0 heterocycles. The van der Waals surface area contributed by atoms with Crippen molar-refractivity contribution in [1.82, 2.24) is 4.90 Å². The monoisotopic (exact) mass is 242 g/mol. The fourth-order valence-corrected chi connectivity index (χ4v) is 1.46. The first-order chi connectivity index (χ1) is 8.70. The van der Waals surface area contributed by atoms with Gasteiger partial charge in [0.1, 0.15) is 0 Å². The van der Waals surface area contributed by atoms with Crippen LogP contribution in [-0.2, 0) is 0 Å². The van der Waals surface area contributed by atoms with E-state index >= 15 is 0 Å². The van der Waals surface area contributed by atoms with Crippen LogP contribution in [0.3, 0.4) is 0 Å². The Bertz CT molecular complexity index is 437. The van der Waals surface area contributed by atoms with E-state index in [0.29, 0.717) is 6.54 Å². The Morgan fingerprint density at radius 1 is 1.28 bits per heavy atom. The van der Waals surface area contributed by atoms with E-state index in [1.54, 1.807) is 41.3 Å². The first-order valence-corrected chi connectivity index (χ1v) is 5.70. The molecule has 1 aromatic carbocycles. The summed E-state index contributed by atoms with van der Waals surface area (Å²) in [5.74, 6) is 0. The zero-order valence-corrected chi connectivity index (χ0v) is 10.6. The number of amides is 2. The maximum atomic E-state index is 12.3. The van der Waals surface area contributed by atoms with Crippen molar-refractivity contribution in [2.24, 2.45) is 0 Å². The third-order valence-electron chi connectivity index (χ3n) is 2.40. The van der Waals surface area contributed by atoms with E-state index in [2.05, 4.69) is 13.2 Å². The summed E-state index contributed by atoms with van der Waals surface area (Å²) in [5.41, 5.74) is 0.851. The maximum Gasteiger partial charge on any atom is 0.328 e. The molecule has 0 aliphatic rings. The number of hydrogen-bond donors (Lipinski definition) is 0. The normalized spacial score (nSPS) is 10.1. The Balaban J connectivity index is 2.85. The summed E-state index contributed by atoms with van der Waals surface area (Å²) in [6.07, 6.45) is 6.73. The summed E-state index contributed by atoms with van der Waals surface area (Å²) in [4.78, 5) is 15.4. The first-order valence-electron chi connectivity index (χ1n) is 5.70. The molecule has 1 rings (SSSR count). The van der Waals surface area contributed by atoms with Crippen molar-refractivity contribution < 1.29 is 4.79 Å². The number of hydrogen-bond acceptors (Lipinski definition) is 1. The molecule has 2 amide bonds. The van der Waals surface area contributed by atoms with E-state index in [4.69, 9.17) is 0 Å². The third-order valence-corrected chi connectivity index (χ3v) is 2.40. The summed E-state index contributed by atoms with van der Waals surface area (Å²) in [5, 5.41) is 0. The molecule has 0 radical (unpaired) electrons. The second-order valence-electron chi connectivity index (χ2n) is 3.70. The van der Waals surface area contributed by atoms with Crippen LogP contribution >= 0.6 is 0 Å². The molecule has 3 nitrogen and oxygen atoms in total. The molecule has 94 valence electrons. The summed E-state index contributed by atoms with van der Waals surface area (Å²) in [6.45, 7) is 7.70. The molecule has 3 heteroatoms. The Hall–Kier alpha value is -2.29. The van der Waals surface area contributed by atoms with Crippen LogP contribution in [0, 0.1) is 0 Å². The molecule has 0 unspecified atom stereocenters. The number of carbonyl (C=O) groups excluding carboxylic acids is 1. The van der Waals surface area contributed by atoms with Crippen molar-refractivity contribution in [2.45, 2.75) is 0 Å². The quantitative estimate of drug-likeness (QED) is 0.573. The Morgan fingerprint density at radius 2 is 1.94 bits per heavy atom. The van der Waals surface area contributed by atoms with Gasteiger partial charge in [-0.05, 0) is 18.2 Å². The number of allylic oxidation sites excluding steroid dienone is 2. The van der Waals surface area contributed by atoms with Gasteiger partial charge >= 0.3 is 6.03 Å². The van der Waals surface area contributed by atoms with Gasteiger partial charge in [0, 0.05) is 25.5 Å². The molecule has 0 aromatic heterocycles. The number of urea groups is 1. The van der Waals surface area contributed by atoms with Gasteiger partial charge in [-0.1, -0.05) is 36.9 Å². The predicted molar refractivity (Wildman–Crippen MR) is 76.5 cm³/mol. The van der Waals surface area contributed by atoms with Gasteiger partial charge in [-0.15, -0.1) is 6.58 Å².